The van der Waals surface area contributed by atoms with E-state index in [2.05, 4.69) is 5.32 Å². The molecule has 4 heteroatoms. The Morgan fingerprint density at radius 2 is 2.14 bits per heavy atom. The van der Waals surface area contributed by atoms with Crippen LogP contribution in [0.4, 0.5) is 4.39 Å². The highest BCUT2D eigenvalue weighted by atomic mass is 35.5. The van der Waals surface area contributed by atoms with Gasteiger partial charge < -0.3 is 10.4 Å². The minimum absolute atomic E-state index is 0. The number of hydrogen-bond acceptors (Lipinski definition) is 2. The van der Waals surface area contributed by atoms with Crippen LogP contribution in [0.15, 0.2) is 12.1 Å². The molecule has 2 N–H and O–H groups in total. The first-order valence-corrected chi connectivity index (χ1v) is 4.41. The van der Waals surface area contributed by atoms with Crippen LogP contribution >= 0.6 is 12.4 Å². The standard InChI is InChI=1S/C10H12FNO.ClH/c1-6-4-7(11)5-8(10(6)13)9-2-3-12-9;/h4-5,9,12-13H,2-3H2,1H3;1H/t9-;/m1./s1. The number of benzene rings is 1. The van der Waals surface area contributed by atoms with Gasteiger partial charge in [0, 0.05) is 11.6 Å². The molecular formula is C10H13ClFNO. The van der Waals surface area contributed by atoms with Crippen molar-refractivity contribution in [1.29, 1.82) is 0 Å². The molecule has 0 amide bonds. The van der Waals surface area contributed by atoms with E-state index in [0.717, 1.165) is 13.0 Å². The van der Waals surface area contributed by atoms with E-state index >= 15 is 0 Å². The number of hydrogen-bond donors (Lipinski definition) is 2. The highest BCUT2D eigenvalue weighted by Gasteiger charge is 2.22. The number of phenols is 1. The van der Waals surface area contributed by atoms with Gasteiger partial charge in [0.05, 0.1) is 0 Å². The average molecular weight is 218 g/mol. The molecule has 0 bridgehead atoms. The fourth-order valence-corrected chi connectivity index (χ4v) is 1.58. The van der Waals surface area contributed by atoms with Crippen LogP contribution in [0.5, 0.6) is 5.75 Å². The maximum atomic E-state index is 13.0. The van der Waals surface area contributed by atoms with Gasteiger partial charge in [-0.1, -0.05) is 0 Å². The van der Waals surface area contributed by atoms with E-state index in [0.29, 0.717) is 11.1 Å². The molecule has 1 heterocycles. The van der Waals surface area contributed by atoms with Crippen LogP contribution in [-0.4, -0.2) is 11.7 Å². The maximum absolute atomic E-state index is 13.0. The van der Waals surface area contributed by atoms with E-state index in [9.17, 15) is 9.50 Å². The van der Waals surface area contributed by atoms with Crippen molar-refractivity contribution >= 4 is 12.4 Å². The van der Waals surface area contributed by atoms with Crippen LogP contribution < -0.4 is 5.32 Å². The zero-order valence-electron chi connectivity index (χ0n) is 7.88. The van der Waals surface area contributed by atoms with Crippen molar-refractivity contribution in [2.24, 2.45) is 0 Å². The first-order chi connectivity index (χ1) is 6.18. The predicted octanol–water partition coefficient (Wildman–Crippen LogP) is 2.30. The first kappa shape index (κ1) is 11.3. The van der Waals surface area contributed by atoms with Gasteiger partial charge in [-0.25, -0.2) is 4.39 Å². The van der Waals surface area contributed by atoms with Crippen LogP contribution in [0.3, 0.4) is 0 Å². The summed E-state index contributed by atoms with van der Waals surface area (Å²) >= 11 is 0. The quantitative estimate of drug-likeness (QED) is 0.757. The third-order valence-corrected chi connectivity index (χ3v) is 2.49. The molecule has 14 heavy (non-hydrogen) atoms. The van der Waals surface area contributed by atoms with Crippen molar-refractivity contribution in [3.63, 3.8) is 0 Å². The summed E-state index contributed by atoms with van der Waals surface area (Å²) in [6.07, 6.45) is 0.969. The third kappa shape index (κ3) is 1.83. The molecule has 0 unspecified atom stereocenters. The monoisotopic (exact) mass is 217 g/mol. The lowest BCUT2D eigenvalue weighted by atomic mass is 9.95. The molecular weight excluding hydrogens is 205 g/mol. The molecule has 0 saturated carbocycles. The Balaban J connectivity index is 0.000000980. The van der Waals surface area contributed by atoms with Gasteiger partial charge >= 0.3 is 0 Å². The summed E-state index contributed by atoms with van der Waals surface area (Å²) in [5.74, 6) is -0.0578. The van der Waals surface area contributed by atoms with Crippen LogP contribution in [0.2, 0.25) is 0 Å². The lowest BCUT2D eigenvalue weighted by Crippen LogP contribution is -2.35. The second-order valence-electron chi connectivity index (χ2n) is 3.46. The topological polar surface area (TPSA) is 32.3 Å². The zero-order chi connectivity index (χ0) is 9.42. The predicted molar refractivity (Wildman–Crippen MR) is 55.4 cm³/mol. The fraction of sp³-hybridized carbons (Fsp3) is 0.400. The fourth-order valence-electron chi connectivity index (χ4n) is 1.58. The Hall–Kier alpha value is -0.800. The Morgan fingerprint density at radius 3 is 2.64 bits per heavy atom. The van der Waals surface area contributed by atoms with Gasteiger partial charge in [-0.15, -0.1) is 12.4 Å². The molecule has 1 saturated heterocycles. The minimum atomic E-state index is -0.279. The van der Waals surface area contributed by atoms with E-state index in [1.807, 2.05) is 0 Å². The zero-order valence-corrected chi connectivity index (χ0v) is 8.70. The lowest BCUT2D eigenvalue weighted by Gasteiger charge is -2.29. The maximum Gasteiger partial charge on any atom is 0.124 e. The van der Waals surface area contributed by atoms with E-state index in [4.69, 9.17) is 0 Å². The Morgan fingerprint density at radius 1 is 1.50 bits per heavy atom. The van der Waals surface area contributed by atoms with Crippen molar-refractivity contribution < 1.29 is 9.50 Å². The van der Waals surface area contributed by atoms with Gasteiger partial charge in [0.25, 0.3) is 0 Å². The average Bonchev–Trinajstić information content (AvgIpc) is 1.95. The van der Waals surface area contributed by atoms with Crippen molar-refractivity contribution in [3.05, 3.63) is 29.1 Å². The van der Waals surface area contributed by atoms with Gasteiger partial charge in [-0.3, -0.25) is 0 Å². The Bertz CT molecular complexity index is 339. The van der Waals surface area contributed by atoms with Gasteiger partial charge in [-0.05, 0) is 37.6 Å². The molecule has 1 aliphatic rings. The van der Waals surface area contributed by atoms with Gasteiger partial charge in [0.15, 0.2) is 0 Å². The summed E-state index contributed by atoms with van der Waals surface area (Å²) in [5.41, 5.74) is 1.28. The Labute approximate surface area is 88.5 Å². The molecule has 2 rings (SSSR count). The van der Waals surface area contributed by atoms with E-state index in [1.165, 1.54) is 12.1 Å². The normalized spacial score (nSPS) is 19.7. The molecule has 0 spiro atoms. The molecule has 1 atom stereocenters. The van der Waals surface area contributed by atoms with E-state index in [1.54, 1.807) is 6.92 Å². The summed E-state index contributed by atoms with van der Waals surface area (Å²) < 4.78 is 13.0. The van der Waals surface area contributed by atoms with Crippen LogP contribution in [-0.2, 0) is 0 Å². The van der Waals surface area contributed by atoms with Crippen molar-refractivity contribution in [2.75, 3.05) is 6.54 Å². The highest BCUT2D eigenvalue weighted by Crippen LogP contribution is 2.33. The molecule has 2 nitrogen and oxygen atoms in total. The molecule has 1 aromatic carbocycles. The van der Waals surface area contributed by atoms with Crippen LogP contribution in [0, 0.1) is 12.7 Å². The number of rotatable bonds is 1. The number of aromatic hydroxyl groups is 1. The van der Waals surface area contributed by atoms with E-state index < -0.39 is 0 Å². The Kier molecular flexibility index (Phi) is 3.34. The number of halogens is 2. The number of nitrogens with one attached hydrogen (secondary N) is 1. The highest BCUT2D eigenvalue weighted by molar-refractivity contribution is 5.85. The lowest BCUT2D eigenvalue weighted by molar-refractivity contribution is 0.361. The summed E-state index contributed by atoms with van der Waals surface area (Å²) in [6, 6.07) is 2.88. The SMILES string of the molecule is Cc1cc(F)cc([C@H]2CCN2)c1O.Cl. The van der Waals surface area contributed by atoms with Crippen LogP contribution in [0.25, 0.3) is 0 Å². The van der Waals surface area contributed by atoms with Crippen molar-refractivity contribution in [2.45, 2.75) is 19.4 Å². The summed E-state index contributed by atoms with van der Waals surface area (Å²) in [6.45, 7) is 2.65. The molecule has 0 aliphatic carbocycles. The van der Waals surface area contributed by atoms with Gasteiger partial charge in [-0.2, -0.15) is 0 Å². The van der Waals surface area contributed by atoms with Gasteiger partial charge in [0.1, 0.15) is 11.6 Å². The summed E-state index contributed by atoms with van der Waals surface area (Å²) in [7, 11) is 0. The third-order valence-electron chi connectivity index (χ3n) is 2.49. The molecule has 0 radical (unpaired) electrons. The second-order valence-corrected chi connectivity index (χ2v) is 3.46. The first-order valence-electron chi connectivity index (χ1n) is 4.41. The van der Waals surface area contributed by atoms with Crippen LogP contribution in [0.1, 0.15) is 23.6 Å². The smallest absolute Gasteiger partial charge is 0.124 e. The minimum Gasteiger partial charge on any atom is -0.507 e. The largest absolute Gasteiger partial charge is 0.507 e. The molecule has 1 fully saturated rings. The molecule has 78 valence electrons. The summed E-state index contributed by atoms with van der Waals surface area (Å²) in [4.78, 5) is 0. The summed E-state index contributed by atoms with van der Waals surface area (Å²) in [5, 5.41) is 12.8. The number of aryl methyl sites for hydroxylation is 1. The van der Waals surface area contributed by atoms with Gasteiger partial charge in [0.2, 0.25) is 0 Å². The second kappa shape index (κ2) is 4.15. The van der Waals surface area contributed by atoms with Crippen molar-refractivity contribution in [3.8, 4) is 5.75 Å². The number of phenolic OH excluding ortho intramolecular Hbond substituents is 1. The molecule has 1 aliphatic heterocycles. The molecule has 0 aromatic heterocycles. The van der Waals surface area contributed by atoms with E-state index in [-0.39, 0.29) is 30.0 Å². The van der Waals surface area contributed by atoms with Crippen molar-refractivity contribution in [1.82, 2.24) is 5.32 Å². The molecule has 1 aromatic rings.